The van der Waals surface area contributed by atoms with Crippen LogP contribution in [-0.4, -0.2) is 24.0 Å². The molecule has 0 saturated carbocycles. The smallest absolute Gasteiger partial charge is 0.255 e. The number of piperidine rings is 1. The molecule has 2 heterocycles. The molecular formula is C23H23FN4O. The van der Waals surface area contributed by atoms with Crippen molar-refractivity contribution in [2.45, 2.75) is 19.3 Å². The van der Waals surface area contributed by atoms with Crippen LogP contribution in [0.25, 0.3) is 0 Å². The molecule has 1 saturated heterocycles. The van der Waals surface area contributed by atoms with Crippen LogP contribution in [0.15, 0.2) is 66.9 Å². The van der Waals surface area contributed by atoms with Gasteiger partial charge in [0.25, 0.3) is 5.91 Å². The van der Waals surface area contributed by atoms with E-state index in [1.165, 1.54) is 43.1 Å². The van der Waals surface area contributed by atoms with Gasteiger partial charge in [-0.1, -0.05) is 6.07 Å². The SMILES string of the molecule is O=C(Nc1ccc(Nc2ccc(N3CCCCC3)cc2)nc1)c1cccc(F)c1. The van der Waals surface area contributed by atoms with Crippen LogP contribution < -0.4 is 15.5 Å². The third-order valence-electron chi connectivity index (χ3n) is 4.97. The monoisotopic (exact) mass is 390 g/mol. The second-order valence-corrected chi connectivity index (χ2v) is 7.12. The van der Waals surface area contributed by atoms with Gasteiger partial charge < -0.3 is 15.5 Å². The number of carbonyl (C=O) groups excluding carboxylic acids is 1. The van der Waals surface area contributed by atoms with Gasteiger partial charge in [-0.25, -0.2) is 9.37 Å². The van der Waals surface area contributed by atoms with Crippen molar-refractivity contribution in [1.29, 1.82) is 0 Å². The third-order valence-corrected chi connectivity index (χ3v) is 4.97. The molecule has 0 aliphatic carbocycles. The second-order valence-electron chi connectivity index (χ2n) is 7.12. The molecule has 3 aromatic rings. The fourth-order valence-electron chi connectivity index (χ4n) is 3.43. The molecule has 1 fully saturated rings. The predicted octanol–water partition coefficient (Wildman–Crippen LogP) is 5.21. The number of nitrogens with one attached hydrogen (secondary N) is 2. The third kappa shape index (κ3) is 4.90. The van der Waals surface area contributed by atoms with Crippen LogP contribution in [-0.2, 0) is 0 Å². The summed E-state index contributed by atoms with van der Waals surface area (Å²) in [6, 6.07) is 17.5. The van der Waals surface area contributed by atoms with Crippen molar-refractivity contribution in [1.82, 2.24) is 4.98 Å². The first-order valence-corrected chi connectivity index (χ1v) is 9.82. The summed E-state index contributed by atoms with van der Waals surface area (Å²) in [6.45, 7) is 2.24. The van der Waals surface area contributed by atoms with E-state index in [2.05, 4.69) is 32.7 Å². The molecule has 0 unspecified atom stereocenters. The van der Waals surface area contributed by atoms with Gasteiger partial charge in [0.15, 0.2) is 0 Å². The van der Waals surface area contributed by atoms with E-state index < -0.39 is 5.82 Å². The minimum absolute atomic E-state index is 0.265. The van der Waals surface area contributed by atoms with Gasteiger partial charge in [0, 0.05) is 30.0 Å². The number of benzene rings is 2. The Morgan fingerprint density at radius 2 is 1.69 bits per heavy atom. The molecule has 1 aliphatic rings. The van der Waals surface area contributed by atoms with E-state index in [4.69, 9.17) is 0 Å². The van der Waals surface area contributed by atoms with Crippen molar-refractivity contribution in [3.05, 3.63) is 78.2 Å². The Kier molecular flexibility index (Phi) is 5.70. The number of carbonyl (C=O) groups is 1. The van der Waals surface area contributed by atoms with Crippen molar-refractivity contribution >= 4 is 28.8 Å². The van der Waals surface area contributed by atoms with Gasteiger partial charge in [0.2, 0.25) is 0 Å². The van der Waals surface area contributed by atoms with Crippen LogP contribution >= 0.6 is 0 Å². The molecular weight excluding hydrogens is 367 g/mol. The van der Waals surface area contributed by atoms with Crippen LogP contribution in [0, 0.1) is 5.82 Å². The Hall–Kier alpha value is -3.41. The standard InChI is InChI=1S/C23H23FN4O/c24-18-6-4-5-17(15-18)23(29)27-20-9-12-22(25-16-20)26-19-7-10-21(11-8-19)28-13-2-1-3-14-28/h4-12,15-16H,1-3,13-14H2,(H,25,26)(H,27,29). The Labute approximate surface area is 169 Å². The Morgan fingerprint density at radius 1 is 0.931 bits per heavy atom. The zero-order valence-corrected chi connectivity index (χ0v) is 16.1. The molecule has 4 rings (SSSR count). The van der Waals surface area contributed by atoms with E-state index in [1.54, 1.807) is 24.4 Å². The van der Waals surface area contributed by atoms with Crippen LogP contribution in [0.3, 0.4) is 0 Å². The predicted molar refractivity (Wildman–Crippen MR) is 114 cm³/mol. The van der Waals surface area contributed by atoms with Crippen LogP contribution in [0.4, 0.5) is 27.3 Å². The fraction of sp³-hybridized carbons (Fsp3) is 0.217. The van der Waals surface area contributed by atoms with Gasteiger partial charge in [0.1, 0.15) is 11.6 Å². The Balaban J connectivity index is 1.36. The molecule has 0 spiro atoms. The summed E-state index contributed by atoms with van der Waals surface area (Å²) in [7, 11) is 0. The van der Waals surface area contributed by atoms with E-state index >= 15 is 0 Å². The number of halogens is 1. The van der Waals surface area contributed by atoms with Gasteiger partial charge in [-0.05, 0) is 73.9 Å². The number of rotatable bonds is 5. The highest BCUT2D eigenvalue weighted by Gasteiger charge is 2.11. The summed E-state index contributed by atoms with van der Waals surface area (Å²) in [5, 5.41) is 5.98. The molecule has 2 aromatic carbocycles. The highest BCUT2D eigenvalue weighted by atomic mass is 19.1. The van der Waals surface area contributed by atoms with Gasteiger partial charge >= 0.3 is 0 Å². The minimum Gasteiger partial charge on any atom is -0.372 e. The summed E-state index contributed by atoms with van der Waals surface area (Å²) >= 11 is 0. The van der Waals surface area contributed by atoms with Crippen molar-refractivity contribution in [3.8, 4) is 0 Å². The first-order valence-electron chi connectivity index (χ1n) is 9.82. The number of pyridine rings is 1. The summed E-state index contributed by atoms with van der Waals surface area (Å²) in [5.41, 5.74) is 3.01. The molecule has 5 nitrogen and oxygen atoms in total. The maximum atomic E-state index is 13.3. The van der Waals surface area contributed by atoms with Gasteiger partial charge in [0.05, 0.1) is 11.9 Å². The molecule has 148 valence electrons. The summed E-state index contributed by atoms with van der Waals surface area (Å²) in [5.74, 6) is -0.138. The maximum absolute atomic E-state index is 13.3. The molecule has 0 bridgehead atoms. The maximum Gasteiger partial charge on any atom is 0.255 e. The number of aromatic nitrogens is 1. The average Bonchev–Trinajstić information content (AvgIpc) is 2.76. The molecule has 6 heteroatoms. The normalized spacial score (nSPS) is 13.8. The molecule has 1 aromatic heterocycles. The molecule has 2 N–H and O–H groups in total. The zero-order valence-electron chi connectivity index (χ0n) is 16.1. The molecule has 29 heavy (non-hydrogen) atoms. The van der Waals surface area contributed by atoms with E-state index in [0.29, 0.717) is 11.5 Å². The number of amides is 1. The molecule has 0 radical (unpaired) electrons. The zero-order chi connectivity index (χ0) is 20.1. The lowest BCUT2D eigenvalue weighted by molar-refractivity contribution is 0.102. The topological polar surface area (TPSA) is 57.3 Å². The van der Waals surface area contributed by atoms with Gasteiger partial charge in [-0.15, -0.1) is 0 Å². The first-order chi connectivity index (χ1) is 14.2. The van der Waals surface area contributed by atoms with Crippen molar-refractivity contribution in [2.24, 2.45) is 0 Å². The van der Waals surface area contributed by atoms with E-state index in [1.807, 2.05) is 12.1 Å². The number of anilines is 4. The van der Waals surface area contributed by atoms with Crippen molar-refractivity contribution in [3.63, 3.8) is 0 Å². The molecule has 0 atom stereocenters. The molecule has 1 aliphatic heterocycles. The minimum atomic E-state index is -0.443. The Morgan fingerprint density at radius 3 is 2.38 bits per heavy atom. The molecule has 1 amide bonds. The van der Waals surface area contributed by atoms with E-state index in [0.717, 1.165) is 18.8 Å². The lowest BCUT2D eigenvalue weighted by Crippen LogP contribution is -2.29. The van der Waals surface area contributed by atoms with Crippen molar-refractivity contribution in [2.75, 3.05) is 28.6 Å². The fourth-order valence-corrected chi connectivity index (χ4v) is 3.43. The lowest BCUT2D eigenvalue weighted by atomic mass is 10.1. The quantitative estimate of drug-likeness (QED) is 0.628. The van der Waals surface area contributed by atoms with E-state index in [-0.39, 0.29) is 11.5 Å². The second kappa shape index (κ2) is 8.73. The van der Waals surface area contributed by atoms with Crippen LogP contribution in [0.2, 0.25) is 0 Å². The number of nitrogens with zero attached hydrogens (tertiary/aromatic N) is 2. The summed E-state index contributed by atoms with van der Waals surface area (Å²) < 4.78 is 13.3. The highest BCUT2D eigenvalue weighted by Crippen LogP contribution is 2.23. The number of hydrogen-bond donors (Lipinski definition) is 2. The summed E-state index contributed by atoms with van der Waals surface area (Å²) in [4.78, 5) is 18.9. The summed E-state index contributed by atoms with van der Waals surface area (Å²) in [6.07, 6.45) is 5.40. The van der Waals surface area contributed by atoms with Gasteiger partial charge in [-0.3, -0.25) is 4.79 Å². The van der Waals surface area contributed by atoms with Crippen molar-refractivity contribution < 1.29 is 9.18 Å². The first kappa shape index (κ1) is 18.9. The Bertz CT molecular complexity index is 967. The lowest BCUT2D eigenvalue weighted by Gasteiger charge is -2.28. The number of hydrogen-bond acceptors (Lipinski definition) is 4. The highest BCUT2D eigenvalue weighted by molar-refractivity contribution is 6.04. The van der Waals surface area contributed by atoms with Gasteiger partial charge in [-0.2, -0.15) is 0 Å². The van der Waals surface area contributed by atoms with E-state index in [9.17, 15) is 9.18 Å². The largest absolute Gasteiger partial charge is 0.372 e. The van der Waals surface area contributed by atoms with Crippen LogP contribution in [0.1, 0.15) is 29.6 Å². The van der Waals surface area contributed by atoms with Crippen LogP contribution in [0.5, 0.6) is 0 Å². The average molecular weight is 390 g/mol.